The lowest BCUT2D eigenvalue weighted by Gasteiger charge is -2.26. The predicted molar refractivity (Wildman–Crippen MR) is 138 cm³/mol. The van der Waals surface area contributed by atoms with E-state index in [0.29, 0.717) is 13.0 Å². The summed E-state index contributed by atoms with van der Waals surface area (Å²) in [5.74, 6) is -0.312. The van der Waals surface area contributed by atoms with E-state index >= 15 is 0 Å². The molecule has 8 heteroatoms. The number of hydrogen-bond acceptors (Lipinski definition) is 5. The summed E-state index contributed by atoms with van der Waals surface area (Å²) in [5.41, 5.74) is 2.70. The number of aryl methyl sites for hydroxylation is 1. The number of nitrogens with zero attached hydrogens (tertiary/aromatic N) is 1. The van der Waals surface area contributed by atoms with Crippen LogP contribution in [-0.4, -0.2) is 54.1 Å². The maximum absolute atomic E-state index is 12.4. The Balaban J connectivity index is 3.04. The maximum Gasteiger partial charge on any atom is 0.407 e. The minimum Gasteiger partial charge on any atom is -0.466 e. The van der Waals surface area contributed by atoms with Gasteiger partial charge in [0.2, 0.25) is 0 Å². The van der Waals surface area contributed by atoms with Crippen molar-refractivity contribution in [3.05, 3.63) is 29.3 Å². The minimum atomic E-state index is -0.613. The van der Waals surface area contributed by atoms with Gasteiger partial charge in [0.1, 0.15) is 5.60 Å². The van der Waals surface area contributed by atoms with Gasteiger partial charge in [0.15, 0.2) is 0 Å². The highest BCUT2D eigenvalue weighted by Crippen LogP contribution is 2.22. The third kappa shape index (κ3) is 11.5. The Bertz CT molecular complexity index is 716. The zero-order valence-corrected chi connectivity index (χ0v) is 23.2. The molecule has 0 radical (unpaired) electrons. The van der Waals surface area contributed by atoms with Crippen molar-refractivity contribution in [2.24, 2.45) is 0 Å². The van der Waals surface area contributed by atoms with Crippen molar-refractivity contribution in [2.45, 2.75) is 71.9 Å². The van der Waals surface area contributed by atoms with E-state index in [1.54, 1.807) is 0 Å². The van der Waals surface area contributed by atoms with Gasteiger partial charge in [0.05, 0.1) is 13.0 Å². The summed E-state index contributed by atoms with van der Waals surface area (Å²) in [7, 11) is 0. The van der Waals surface area contributed by atoms with Gasteiger partial charge < -0.3 is 19.7 Å². The molecule has 0 unspecified atom stereocenters. The van der Waals surface area contributed by atoms with Crippen LogP contribution in [0, 0.1) is 6.92 Å². The molecule has 0 saturated heterocycles. The number of rotatable bonds is 13. The smallest absolute Gasteiger partial charge is 0.407 e. The zero-order valence-electron chi connectivity index (χ0n) is 20.0. The summed E-state index contributed by atoms with van der Waals surface area (Å²) in [6.45, 7) is 11.7. The van der Waals surface area contributed by atoms with Crippen molar-refractivity contribution in [1.29, 1.82) is 0 Å². The lowest BCUT2D eigenvalue weighted by Crippen LogP contribution is -2.41. The molecule has 0 aromatic heterocycles. The standard InChI is InChI=1S/C24H38Br2N2O4/c1-6-7-14-31-22(29)17-20(27-23(30)32-24(3,4)5)15-19-16-21(9-8-18(19)2)28(12-10-25)13-11-26/h8-9,16,20H,6-7,10-15,17H2,1-5H3,(H,27,30)/t20-/m1/s1. The quantitative estimate of drug-likeness (QED) is 0.183. The van der Waals surface area contributed by atoms with Gasteiger partial charge in [0.25, 0.3) is 0 Å². The van der Waals surface area contributed by atoms with E-state index in [0.717, 1.165) is 53.4 Å². The molecule has 1 aromatic carbocycles. The Morgan fingerprint density at radius 2 is 1.81 bits per heavy atom. The molecule has 1 rings (SSSR count). The first-order chi connectivity index (χ1) is 15.1. The highest BCUT2D eigenvalue weighted by Gasteiger charge is 2.23. The number of ether oxygens (including phenoxy) is 2. The van der Waals surface area contributed by atoms with E-state index in [2.05, 4.69) is 60.3 Å². The number of carbonyl (C=O) groups is 2. The van der Waals surface area contributed by atoms with Crippen LogP contribution in [0.15, 0.2) is 18.2 Å². The third-order valence-corrected chi connectivity index (χ3v) is 5.48. The van der Waals surface area contributed by atoms with E-state index in [9.17, 15) is 9.59 Å². The van der Waals surface area contributed by atoms with Crippen molar-refractivity contribution in [2.75, 3.05) is 35.3 Å². The number of anilines is 1. The van der Waals surface area contributed by atoms with Crippen molar-refractivity contribution in [3.63, 3.8) is 0 Å². The predicted octanol–water partition coefficient (Wildman–Crippen LogP) is 5.76. The summed E-state index contributed by atoms with van der Waals surface area (Å²) >= 11 is 7.05. The number of alkyl carbamates (subject to hydrolysis) is 1. The molecule has 32 heavy (non-hydrogen) atoms. The summed E-state index contributed by atoms with van der Waals surface area (Å²) in [4.78, 5) is 27.1. The van der Waals surface area contributed by atoms with Crippen molar-refractivity contribution in [3.8, 4) is 0 Å². The van der Waals surface area contributed by atoms with Crippen LogP contribution in [0.5, 0.6) is 0 Å². The minimum absolute atomic E-state index is 0.0964. The van der Waals surface area contributed by atoms with Gasteiger partial charge in [-0.3, -0.25) is 4.79 Å². The molecule has 1 atom stereocenters. The molecule has 0 bridgehead atoms. The van der Waals surface area contributed by atoms with Crippen LogP contribution in [0.4, 0.5) is 10.5 Å². The molecule has 0 aliphatic rings. The summed E-state index contributed by atoms with van der Waals surface area (Å²) in [6, 6.07) is 5.92. The van der Waals surface area contributed by atoms with Crippen molar-refractivity contribution < 1.29 is 19.1 Å². The lowest BCUT2D eigenvalue weighted by molar-refractivity contribution is -0.144. The monoisotopic (exact) mass is 576 g/mol. The molecule has 0 fully saturated rings. The van der Waals surface area contributed by atoms with Crippen LogP contribution in [0.2, 0.25) is 0 Å². The van der Waals surface area contributed by atoms with Crippen molar-refractivity contribution in [1.82, 2.24) is 5.32 Å². The van der Waals surface area contributed by atoms with Crippen molar-refractivity contribution >= 4 is 49.6 Å². The molecule has 0 heterocycles. The van der Waals surface area contributed by atoms with Crippen LogP contribution < -0.4 is 10.2 Å². The molecule has 182 valence electrons. The van der Waals surface area contributed by atoms with E-state index < -0.39 is 17.7 Å². The first-order valence-corrected chi connectivity index (χ1v) is 13.5. The second kappa shape index (κ2) is 14.8. The number of nitrogens with one attached hydrogen (secondary N) is 1. The Morgan fingerprint density at radius 1 is 1.16 bits per heavy atom. The van der Waals surface area contributed by atoms with Crippen LogP contribution in [-0.2, 0) is 20.7 Å². The number of esters is 1. The van der Waals surface area contributed by atoms with Gasteiger partial charge in [-0.2, -0.15) is 0 Å². The highest BCUT2D eigenvalue weighted by molar-refractivity contribution is 9.09. The Kier molecular flexibility index (Phi) is 13.3. The van der Waals surface area contributed by atoms with Crippen LogP contribution in [0.25, 0.3) is 0 Å². The molecule has 0 aliphatic heterocycles. The maximum atomic E-state index is 12.4. The fraction of sp³-hybridized carbons (Fsp3) is 0.667. The zero-order chi connectivity index (χ0) is 24.1. The van der Waals surface area contributed by atoms with Crippen LogP contribution in [0.3, 0.4) is 0 Å². The average molecular weight is 578 g/mol. The van der Waals surface area contributed by atoms with Gasteiger partial charge in [-0.15, -0.1) is 0 Å². The van der Waals surface area contributed by atoms with Gasteiger partial charge >= 0.3 is 12.1 Å². The fourth-order valence-corrected chi connectivity index (χ4v) is 4.01. The molecule has 0 spiro atoms. The fourth-order valence-electron chi connectivity index (χ4n) is 3.15. The lowest BCUT2D eigenvalue weighted by atomic mass is 9.98. The topological polar surface area (TPSA) is 67.9 Å². The molecule has 1 N–H and O–H groups in total. The number of amides is 1. The highest BCUT2D eigenvalue weighted by atomic mass is 79.9. The first kappa shape index (κ1) is 28.8. The van der Waals surface area contributed by atoms with E-state index in [1.165, 1.54) is 0 Å². The normalized spacial score (nSPS) is 12.2. The van der Waals surface area contributed by atoms with Gasteiger partial charge in [0, 0.05) is 35.5 Å². The summed E-state index contributed by atoms with van der Waals surface area (Å²) < 4.78 is 10.8. The Hall–Kier alpha value is -1.28. The molecule has 1 amide bonds. The largest absolute Gasteiger partial charge is 0.466 e. The second-order valence-corrected chi connectivity index (χ2v) is 10.4. The number of halogens is 2. The SMILES string of the molecule is CCCCOC(=O)C[C@@H](Cc1cc(N(CCBr)CCBr)ccc1C)NC(=O)OC(C)(C)C. The van der Waals surface area contributed by atoms with Crippen LogP contribution >= 0.6 is 31.9 Å². The number of hydrogen-bond donors (Lipinski definition) is 1. The second-order valence-electron chi connectivity index (χ2n) is 8.80. The number of carbonyl (C=O) groups excluding carboxylic acids is 2. The number of unbranched alkanes of at least 4 members (excludes halogenated alkanes) is 1. The number of alkyl halides is 2. The molecule has 0 saturated carbocycles. The Morgan fingerprint density at radius 3 is 2.38 bits per heavy atom. The van der Waals surface area contributed by atoms with E-state index in [1.807, 2.05) is 34.6 Å². The van der Waals surface area contributed by atoms with E-state index in [-0.39, 0.29) is 12.4 Å². The van der Waals surface area contributed by atoms with Gasteiger partial charge in [-0.05, 0) is 63.8 Å². The summed E-state index contributed by atoms with van der Waals surface area (Å²) in [5, 5.41) is 4.62. The Labute approximate surface area is 210 Å². The van der Waals surface area contributed by atoms with Crippen LogP contribution in [0.1, 0.15) is 58.1 Å². The average Bonchev–Trinajstić information content (AvgIpc) is 2.68. The van der Waals surface area contributed by atoms with Gasteiger partial charge in [-0.25, -0.2) is 4.79 Å². The molecule has 1 aromatic rings. The first-order valence-electron chi connectivity index (χ1n) is 11.2. The molecule has 0 aliphatic carbocycles. The molecular formula is C24H38Br2N2O4. The van der Waals surface area contributed by atoms with E-state index in [4.69, 9.17) is 9.47 Å². The molecular weight excluding hydrogens is 540 g/mol. The third-order valence-electron chi connectivity index (χ3n) is 4.77. The summed E-state index contributed by atoms with van der Waals surface area (Å²) in [6.07, 6.45) is 1.86. The van der Waals surface area contributed by atoms with Gasteiger partial charge in [-0.1, -0.05) is 51.3 Å². The number of benzene rings is 1. The molecule has 6 nitrogen and oxygen atoms in total.